The van der Waals surface area contributed by atoms with E-state index in [-0.39, 0.29) is 5.75 Å². The highest BCUT2D eigenvalue weighted by atomic mass is 32.2. The first-order valence-electron chi connectivity index (χ1n) is 5.67. The monoisotopic (exact) mass is 251 g/mol. The van der Waals surface area contributed by atoms with Crippen LogP contribution in [0.5, 0.6) is 0 Å². The summed E-state index contributed by atoms with van der Waals surface area (Å²) >= 11 is 0. The average molecular weight is 251 g/mol. The molecule has 0 aliphatic carbocycles. The van der Waals surface area contributed by atoms with Gasteiger partial charge < -0.3 is 20.1 Å². The van der Waals surface area contributed by atoms with Gasteiger partial charge in [-0.25, -0.2) is 8.42 Å². The van der Waals surface area contributed by atoms with E-state index in [4.69, 9.17) is 5.73 Å². The van der Waals surface area contributed by atoms with Gasteiger partial charge in [-0.2, -0.15) is 0 Å². The predicted octanol–water partition coefficient (Wildman–Crippen LogP) is -1.70. The van der Waals surface area contributed by atoms with E-state index in [9.17, 15) is 13.0 Å². The fourth-order valence-corrected chi connectivity index (χ4v) is 2.76. The smallest absolute Gasteiger partial charge is 0.0948 e. The zero-order chi connectivity index (χ0) is 12.1. The number of hydrogen-bond donors (Lipinski definition) is 2. The predicted molar refractivity (Wildman–Crippen MR) is 60.8 cm³/mol. The second kappa shape index (κ2) is 5.92. The van der Waals surface area contributed by atoms with Gasteiger partial charge in [-0.05, 0) is 0 Å². The van der Waals surface area contributed by atoms with Crippen molar-refractivity contribution >= 4 is 10.1 Å². The summed E-state index contributed by atoms with van der Waals surface area (Å²) < 4.78 is 32.5. The van der Waals surface area contributed by atoms with Gasteiger partial charge in [0.25, 0.3) is 0 Å². The Bertz CT molecular complexity index is 294. The van der Waals surface area contributed by atoms with Crippen molar-refractivity contribution in [3.8, 4) is 0 Å². The molecule has 7 heteroatoms. The van der Waals surface area contributed by atoms with Crippen LogP contribution >= 0.6 is 0 Å². The Kier molecular flexibility index (Phi) is 5.13. The Morgan fingerprint density at radius 3 is 2.38 bits per heavy atom. The zero-order valence-corrected chi connectivity index (χ0v) is 10.3. The molecule has 0 aromatic rings. The van der Waals surface area contributed by atoms with E-state index in [2.05, 4.69) is 5.32 Å². The molecule has 1 rings (SSSR count). The minimum Gasteiger partial charge on any atom is -0.748 e. The Morgan fingerprint density at radius 2 is 1.88 bits per heavy atom. The van der Waals surface area contributed by atoms with Gasteiger partial charge in [-0.15, -0.1) is 0 Å². The minimum atomic E-state index is -4.07. The number of rotatable bonds is 6. The maximum atomic E-state index is 10.5. The Hall–Kier alpha value is -0.210. The van der Waals surface area contributed by atoms with Crippen molar-refractivity contribution in [1.82, 2.24) is 5.32 Å². The lowest BCUT2D eigenvalue weighted by Crippen LogP contribution is -2.60. The van der Waals surface area contributed by atoms with Crippen molar-refractivity contribution < 1.29 is 17.5 Å². The molecule has 1 fully saturated rings. The molecule has 6 nitrogen and oxygen atoms in total. The van der Waals surface area contributed by atoms with Crippen LogP contribution in [0.2, 0.25) is 0 Å². The second-order valence-electron chi connectivity index (χ2n) is 4.39. The van der Waals surface area contributed by atoms with Gasteiger partial charge in [0.05, 0.1) is 36.3 Å². The summed E-state index contributed by atoms with van der Waals surface area (Å²) in [6, 6.07) is 0. The molecule has 1 saturated heterocycles. The molecule has 1 aliphatic heterocycles. The summed E-state index contributed by atoms with van der Waals surface area (Å²) in [4.78, 5) is 0. The molecule has 1 aliphatic rings. The van der Waals surface area contributed by atoms with Crippen molar-refractivity contribution in [3.05, 3.63) is 0 Å². The molecule has 0 atom stereocenters. The Morgan fingerprint density at radius 1 is 1.25 bits per heavy atom. The van der Waals surface area contributed by atoms with Crippen molar-refractivity contribution in [2.75, 3.05) is 51.6 Å². The number of hydrogen-bond acceptors (Lipinski definition) is 5. The quantitative estimate of drug-likeness (QED) is 0.433. The van der Waals surface area contributed by atoms with E-state index in [1.165, 1.54) is 0 Å². The van der Waals surface area contributed by atoms with E-state index in [1.54, 1.807) is 0 Å². The van der Waals surface area contributed by atoms with Gasteiger partial charge in [0.1, 0.15) is 0 Å². The van der Waals surface area contributed by atoms with Crippen LogP contribution in [0.25, 0.3) is 0 Å². The normalized spacial score (nSPS) is 20.9. The van der Waals surface area contributed by atoms with Crippen LogP contribution < -0.4 is 11.1 Å². The van der Waals surface area contributed by atoms with Crippen LogP contribution in [0.4, 0.5) is 0 Å². The first-order chi connectivity index (χ1) is 7.47. The number of nitrogens with zero attached hydrogens (tertiary/aromatic N) is 1. The van der Waals surface area contributed by atoms with Crippen molar-refractivity contribution in [1.29, 1.82) is 0 Å². The standard InChI is InChI=1S/C9H21N3O3S/c10-2-6-12(7-3-11-4-8-12)5-1-9-16(13,14)15/h11H,1-10H2. The van der Waals surface area contributed by atoms with Crippen molar-refractivity contribution in [2.45, 2.75) is 6.42 Å². The topological polar surface area (TPSA) is 95.2 Å². The van der Waals surface area contributed by atoms with Gasteiger partial charge in [0.15, 0.2) is 0 Å². The van der Waals surface area contributed by atoms with Crippen molar-refractivity contribution in [3.63, 3.8) is 0 Å². The lowest BCUT2D eigenvalue weighted by Gasteiger charge is -2.41. The van der Waals surface area contributed by atoms with E-state index in [0.717, 1.165) is 43.8 Å². The van der Waals surface area contributed by atoms with Gasteiger partial charge in [-0.1, -0.05) is 0 Å². The molecule has 0 aromatic heterocycles. The first-order valence-corrected chi connectivity index (χ1v) is 7.25. The molecular formula is C9H21N3O3S. The second-order valence-corrected chi connectivity index (χ2v) is 5.91. The molecule has 0 radical (unpaired) electrons. The maximum Gasteiger partial charge on any atom is 0.0948 e. The molecule has 0 bridgehead atoms. The fourth-order valence-electron chi connectivity index (χ4n) is 2.28. The van der Waals surface area contributed by atoms with Crippen LogP contribution in [-0.2, 0) is 10.1 Å². The summed E-state index contributed by atoms with van der Waals surface area (Å²) in [5.41, 5.74) is 5.59. The van der Waals surface area contributed by atoms with Gasteiger partial charge in [0.2, 0.25) is 0 Å². The van der Waals surface area contributed by atoms with Gasteiger partial charge in [-0.3, -0.25) is 0 Å². The Labute approximate surface area is 97.1 Å². The number of nitrogens with two attached hydrogens (primary N) is 1. The van der Waals surface area contributed by atoms with Crippen LogP contribution in [0.1, 0.15) is 6.42 Å². The number of piperazine rings is 1. The molecule has 0 amide bonds. The summed E-state index contributed by atoms with van der Waals surface area (Å²) in [5.74, 6) is -0.259. The Balaban J connectivity index is 2.44. The van der Waals surface area contributed by atoms with Crippen molar-refractivity contribution in [2.24, 2.45) is 5.73 Å². The zero-order valence-electron chi connectivity index (χ0n) is 9.52. The van der Waals surface area contributed by atoms with Crippen LogP contribution in [0, 0.1) is 0 Å². The lowest BCUT2D eigenvalue weighted by molar-refractivity contribution is -0.928. The molecule has 16 heavy (non-hydrogen) atoms. The summed E-state index contributed by atoms with van der Waals surface area (Å²) in [6.07, 6.45) is 0.436. The molecule has 1 heterocycles. The first kappa shape index (κ1) is 13.9. The summed E-state index contributed by atoms with van der Waals surface area (Å²) in [6.45, 7) is 6.01. The SMILES string of the molecule is NCC[N+]1(CCCS(=O)(=O)[O-])CCNCC1. The van der Waals surface area contributed by atoms with E-state index in [0.29, 0.717) is 13.0 Å². The van der Waals surface area contributed by atoms with Crippen LogP contribution in [0.3, 0.4) is 0 Å². The molecule has 0 spiro atoms. The highest BCUT2D eigenvalue weighted by Crippen LogP contribution is 2.10. The van der Waals surface area contributed by atoms with Gasteiger partial charge in [0, 0.05) is 31.8 Å². The van der Waals surface area contributed by atoms with Crippen LogP contribution in [-0.4, -0.2) is 69.0 Å². The van der Waals surface area contributed by atoms with Gasteiger partial charge >= 0.3 is 0 Å². The maximum absolute atomic E-state index is 10.5. The average Bonchev–Trinajstić information content (AvgIpc) is 2.17. The van der Waals surface area contributed by atoms with E-state index >= 15 is 0 Å². The third kappa shape index (κ3) is 4.75. The third-order valence-electron chi connectivity index (χ3n) is 3.16. The largest absolute Gasteiger partial charge is 0.748 e. The molecule has 96 valence electrons. The fraction of sp³-hybridized carbons (Fsp3) is 1.00. The number of quaternary nitrogens is 1. The highest BCUT2D eigenvalue weighted by molar-refractivity contribution is 7.85. The molecule has 0 aromatic carbocycles. The molecule has 0 saturated carbocycles. The molecule has 0 unspecified atom stereocenters. The van der Waals surface area contributed by atoms with Crippen LogP contribution in [0.15, 0.2) is 0 Å². The summed E-state index contributed by atoms with van der Waals surface area (Å²) in [5, 5.41) is 3.27. The third-order valence-corrected chi connectivity index (χ3v) is 3.94. The lowest BCUT2D eigenvalue weighted by atomic mass is 10.2. The van der Waals surface area contributed by atoms with E-state index < -0.39 is 10.1 Å². The highest BCUT2D eigenvalue weighted by Gasteiger charge is 2.28. The molecular weight excluding hydrogens is 230 g/mol. The minimum absolute atomic E-state index is 0.259. The number of nitrogens with one attached hydrogen (secondary N) is 1. The van der Waals surface area contributed by atoms with E-state index in [1.807, 2.05) is 0 Å². The summed E-state index contributed by atoms with van der Waals surface area (Å²) in [7, 11) is -4.07. The molecule has 3 N–H and O–H groups in total.